The van der Waals surface area contributed by atoms with E-state index in [-0.39, 0.29) is 12.0 Å². The van der Waals surface area contributed by atoms with Crippen LogP contribution in [-0.2, 0) is 4.79 Å². The van der Waals surface area contributed by atoms with Gasteiger partial charge in [0.15, 0.2) is 0 Å². The van der Waals surface area contributed by atoms with Gasteiger partial charge in [0.25, 0.3) is 0 Å². The second-order valence-electron chi connectivity index (χ2n) is 6.90. The van der Waals surface area contributed by atoms with Crippen molar-refractivity contribution in [2.24, 2.45) is 11.3 Å². The van der Waals surface area contributed by atoms with Crippen LogP contribution in [-0.4, -0.2) is 34.4 Å². The zero-order valence-electron chi connectivity index (χ0n) is 11.4. The summed E-state index contributed by atoms with van der Waals surface area (Å²) in [7, 11) is 0. The summed E-state index contributed by atoms with van der Waals surface area (Å²) in [6, 6.07) is 0.0569. The molecule has 4 heteroatoms. The van der Waals surface area contributed by atoms with Crippen molar-refractivity contribution in [1.29, 1.82) is 0 Å². The van der Waals surface area contributed by atoms with Gasteiger partial charge in [-0.2, -0.15) is 0 Å². The molecule has 0 aromatic heterocycles. The number of aliphatic carboxylic acids is 1. The number of rotatable bonds is 4. The van der Waals surface area contributed by atoms with Crippen molar-refractivity contribution in [2.45, 2.75) is 64.0 Å². The second kappa shape index (κ2) is 4.82. The molecule has 2 fully saturated rings. The van der Waals surface area contributed by atoms with Crippen LogP contribution in [0.1, 0.15) is 52.4 Å². The first kappa shape index (κ1) is 13.8. The van der Waals surface area contributed by atoms with Gasteiger partial charge in [0.05, 0.1) is 11.5 Å². The van der Waals surface area contributed by atoms with E-state index in [4.69, 9.17) is 5.11 Å². The summed E-state index contributed by atoms with van der Waals surface area (Å²) in [6.07, 6.45) is 5.39. The fourth-order valence-corrected chi connectivity index (χ4v) is 2.93. The molecule has 0 heterocycles. The quantitative estimate of drug-likeness (QED) is 0.716. The van der Waals surface area contributed by atoms with Gasteiger partial charge in [-0.3, -0.25) is 4.79 Å². The smallest absolute Gasteiger partial charge is 0.308 e. The van der Waals surface area contributed by atoms with E-state index in [1.165, 1.54) is 0 Å². The molecule has 0 spiro atoms. The Labute approximate surface area is 109 Å². The van der Waals surface area contributed by atoms with Crippen molar-refractivity contribution < 1.29 is 15.0 Å². The van der Waals surface area contributed by atoms with Gasteiger partial charge < -0.3 is 15.5 Å². The van der Waals surface area contributed by atoms with Crippen LogP contribution in [0.25, 0.3) is 0 Å². The van der Waals surface area contributed by atoms with E-state index < -0.39 is 11.6 Å². The van der Waals surface area contributed by atoms with Crippen molar-refractivity contribution in [3.05, 3.63) is 0 Å². The third-order valence-corrected chi connectivity index (χ3v) is 4.82. The van der Waals surface area contributed by atoms with Gasteiger partial charge in [-0.1, -0.05) is 13.8 Å². The van der Waals surface area contributed by atoms with E-state index in [1.807, 2.05) is 0 Å². The Kier molecular flexibility index (Phi) is 3.70. The molecule has 2 rings (SSSR count). The monoisotopic (exact) mass is 255 g/mol. The molecule has 0 bridgehead atoms. The van der Waals surface area contributed by atoms with Crippen LogP contribution >= 0.6 is 0 Å². The Balaban J connectivity index is 1.78. The average Bonchev–Trinajstić information content (AvgIpc) is 2.21. The average molecular weight is 255 g/mol. The molecular formula is C14H25NO3. The Morgan fingerprint density at radius 1 is 1.22 bits per heavy atom. The molecule has 0 aromatic carbocycles. The van der Waals surface area contributed by atoms with Gasteiger partial charge in [0, 0.05) is 12.6 Å². The van der Waals surface area contributed by atoms with E-state index in [2.05, 4.69) is 19.2 Å². The maximum atomic E-state index is 10.9. The zero-order valence-corrected chi connectivity index (χ0v) is 11.4. The lowest BCUT2D eigenvalue weighted by Gasteiger charge is -2.42. The summed E-state index contributed by atoms with van der Waals surface area (Å²) in [5, 5.41) is 22.7. The van der Waals surface area contributed by atoms with Gasteiger partial charge in [0.2, 0.25) is 0 Å². The van der Waals surface area contributed by atoms with E-state index in [0.29, 0.717) is 12.0 Å². The minimum absolute atomic E-state index is 0.0569. The van der Waals surface area contributed by atoms with Crippen molar-refractivity contribution in [2.75, 3.05) is 6.54 Å². The summed E-state index contributed by atoms with van der Waals surface area (Å²) in [4.78, 5) is 10.9. The molecular weight excluding hydrogens is 230 g/mol. The summed E-state index contributed by atoms with van der Waals surface area (Å²) in [5.41, 5.74) is -0.291. The summed E-state index contributed by atoms with van der Waals surface area (Å²) in [5.74, 6) is -0.968. The highest BCUT2D eigenvalue weighted by atomic mass is 16.4. The Hall–Kier alpha value is -0.610. The molecule has 2 atom stereocenters. The SMILES string of the molecule is CC1(C)CCC(O)(CNC2CCC2C(=O)O)CC1. The first-order valence-corrected chi connectivity index (χ1v) is 7.00. The first-order valence-electron chi connectivity index (χ1n) is 7.00. The maximum Gasteiger partial charge on any atom is 0.308 e. The van der Waals surface area contributed by atoms with Crippen molar-refractivity contribution in [3.63, 3.8) is 0 Å². The lowest BCUT2D eigenvalue weighted by atomic mass is 9.70. The predicted octanol–water partition coefficient (Wildman–Crippen LogP) is 1.77. The minimum atomic E-state index is -0.712. The molecule has 0 amide bonds. The highest BCUT2D eigenvalue weighted by Gasteiger charge is 2.40. The highest BCUT2D eigenvalue weighted by Crippen LogP contribution is 2.40. The van der Waals surface area contributed by atoms with Crippen molar-refractivity contribution >= 4 is 5.97 Å². The molecule has 0 aromatic rings. The Morgan fingerprint density at radius 2 is 1.83 bits per heavy atom. The van der Waals surface area contributed by atoms with Gasteiger partial charge in [-0.15, -0.1) is 0 Å². The predicted molar refractivity (Wildman–Crippen MR) is 69.3 cm³/mol. The topological polar surface area (TPSA) is 69.6 Å². The number of nitrogens with one attached hydrogen (secondary N) is 1. The number of hydrogen-bond acceptors (Lipinski definition) is 3. The van der Waals surface area contributed by atoms with Gasteiger partial charge in [-0.05, 0) is 43.9 Å². The van der Waals surface area contributed by atoms with Gasteiger partial charge in [0.1, 0.15) is 0 Å². The normalized spacial score (nSPS) is 33.7. The Bertz CT molecular complexity index is 317. The third-order valence-electron chi connectivity index (χ3n) is 4.82. The summed E-state index contributed by atoms with van der Waals surface area (Å²) in [6.45, 7) is 5.02. The van der Waals surface area contributed by atoms with Crippen LogP contribution in [0.3, 0.4) is 0 Å². The number of hydrogen-bond donors (Lipinski definition) is 3. The third kappa shape index (κ3) is 3.04. The van der Waals surface area contributed by atoms with Crippen LogP contribution in [0.2, 0.25) is 0 Å². The molecule has 2 aliphatic rings. The van der Waals surface area contributed by atoms with E-state index in [1.54, 1.807) is 0 Å². The lowest BCUT2D eigenvalue weighted by Crippen LogP contribution is -2.54. The molecule has 2 saturated carbocycles. The van der Waals surface area contributed by atoms with Crippen molar-refractivity contribution in [1.82, 2.24) is 5.32 Å². The Morgan fingerprint density at radius 3 is 2.28 bits per heavy atom. The molecule has 104 valence electrons. The number of carboxylic acids is 1. The van der Waals surface area contributed by atoms with Crippen LogP contribution in [0.5, 0.6) is 0 Å². The van der Waals surface area contributed by atoms with Gasteiger partial charge in [-0.25, -0.2) is 0 Å². The van der Waals surface area contributed by atoms with Gasteiger partial charge >= 0.3 is 5.97 Å². The fourth-order valence-electron chi connectivity index (χ4n) is 2.93. The van der Waals surface area contributed by atoms with Crippen LogP contribution < -0.4 is 5.32 Å². The molecule has 4 nitrogen and oxygen atoms in total. The number of carbonyl (C=O) groups is 1. The van der Waals surface area contributed by atoms with E-state index in [0.717, 1.165) is 38.5 Å². The zero-order chi connectivity index (χ0) is 13.4. The molecule has 2 aliphatic carbocycles. The molecule has 18 heavy (non-hydrogen) atoms. The van der Waals surface area contributed by atoms with Crippen LogP contribution in [0, 0.1) is 11.3 Å². The standard InChI is InChI=1S/C14H25NO3/c1-13(2)5-7-14(18,8-6-13)9-15-11-4-3-10(11)12(16)17/h10-11,15,18H,3-9H2,1-2H3,(H,16,17). The molecule has 3 N–H and O–H groups in total. The minimum Gasteiger partial charge on any atom is -0.481 e. The van der Waals surface area contributed by atoms with E-state index in [9.17, 15) is 9.90 Å². The maximum absolute atomic E-state index is 10.9. The number of aliphatic hydroxyl groups is 1. The van der Waals surface area contributed by atoms with Crippen LogP contribution in [0.15, 0.2) is 0 Å². The molecule has 0 saturated heterocycles. The lowest BCUT2D eigenvalue weighted by molar-refractivity contribution is -0.146. The highest BCUT2D eigenvalue weighted by molar-refractivity contribution is 5.72. The van der Waals surface area contributed by atoms with Crippen LogP contribution in [0.4, 0.5) is 0 Å². The summed E-state index contributed by atoms with van der Waals surface area (Å²) < 4.78 is 0. The van der Waals surface area contributed by atoms with E-state index >= 15 is 0 Å². The number of carboxylic acid groups (broad SMARTS) is 1. The molecule has 0 aliphatic heterocycles. The summed E-state index contributed by atoms with van der Waals surface area (Å²) >= 11 is 0. The second-order valence-corrected chi connectivity index (χ2v) is 6.90. The molecule has 2 unspecified atom stereocenters. The first-order chi connectivity index (χ1) is 8.31. The molecule has 0 radical (unpaired) electrons. The fraction of sp³-hybridized carbons (Fsp3) is 0.929. The van der Waals surface area contributed by atoms with Crippen molar-refractivity contribution in [3.8, 4) is 0 Å². The largest absolute Gasteiger partial charge is 0.481 e.